The van der Waals surface area contributed by atoms with E-state index in [4.69, 9.17) is 9.47 Å². The predicted molar refractivity (Wildman–Crippen MR) is 127 cm³/mol. The molecule has 0 fully saturated rings. The topological polar surface area (TPSA) is 91.2 Å². The van der Waals surface area contributed by atoms with Crippen molar-refractivity contribution >= 4 is 17.2 Å². The van der Waals surface area contributed by atoms with Crippen LogP contribution in [0.2, 0.25) is 0 Å². The van der Waals surface area contributed by atoms with Gasteiger partial charge in [0, 0.05) is 6.54 Å². The van der Waals surface area contributed by atoms with E-state index in [-0.39, 0.29) is 11.7 Å². The number of hydrogen-bond donors (Lipinski definition) is 1. The van der Waals surface area contributed by atoms with E-state index in [0.717, 1.165) is 11.3 Å². The highest BCUT2D eigenvalue weighted by atomic mass is 32.1. The molecule has 2 aromatic heterocycles. The second kappa shape index (κ2) is 10.0. The number of ether oxygens (including phenoxy) is 2. The van der Waals surface area contributed by atoms with Gasteiger partial charge in [-0.3, -0.25) is 4.79 Å². The largest absolute Gasteiger partial charge is 0.493 e. The Morgan fingerprint density at radius 3 is 2.53 bits per heavy atom. The minimum atomic E-state index is -0.320. The summed E-state index contributed by atoms with van der Waals surface area (Å²) in [6.07, 6.45) is 0.641. The summed E-state index contributed by atoms with van der Waals surface area (Å²) in [7, 11) is 3.18. The van der Waals surface area contributed by atoms with E-state index in [1.165, 1.54) is 23.5 Å². The Morgan fingerprint density at radius 1 is 1.09 bits per heavy atom. The van der Waals surface area contributed by atoms with E-state index < -0.39 is 0 Å². The lowest BCUT2D eigenvalue weighted by atomic mass is 10.1. The molecular formula is C24H24FN5O3S. The van der Waals surface area contributed by atoms with E-state index in [0.29, 0.717) is 51.4 Å². The fourth-order valence-electron chi connectivity index (χ4n) is 3.50. The number of hydrogen-bond acceptors (Lipinski definition) is 7. The molecule has 34 heavy (non-hydrogen) atoms. The summed E-state index contributed by atoms with van der Waals surface area (Å²) in [6, 6.07) is 11.7. The molecule has 0 unspecified atom stereocenters. The van der Waals surface area contributed by atoms with E-state index in [2.05, 4.69) is 20.6 Å². The monoisotopic (exact) mass is 481 g/mol. The number of aryl methyl sites for hydroxylation is 1. The van der Waals surface area contributed by atoms with Crippen LogP contribution in [0.25, 0.3) is 16.4 Å². The van der Waals surface area contributed by atoms with Gasteiger partial charge < -0.3 is 14.8 Å². The third-order valence-electron chi connectivity index (χ3n) is 5.32. The maximum absolute atomic E-state index is 13.2. The quantitative estimate of drug-likeness (QED) is 0.407. The van der Waals surface area contributed by atoms with Crippen LogP contribution >= 0.6 is 11.3 Å². The molecule has 176 valence electrons. The maximum atomic E-state index is 13.2. The van der Waals surface area contributed by atoms with Crippen LogP contribution in [-0.2, 0) is 6.42 Å². The molecule has 0 saturated carbocycles. The predicted octanol–water partition coefficient (Wildman–Crippen LogP) is 4.14. The number of halogens is 1. The Bertz CT molecular complexity index is 1320. The van der Waals surface area contributed by atoms with Gasteiger partial charge in [0.1, 0.15) is 21.4 Å². The molecule has 8 nitrogen and oxygen atoms in total. The second-order valence-electron chi connectivity index (χ2n) is 7.54. The van der Waals surface area contributed by atoms with Crippen LogP contribution in [0.4, 0.5) is 4.39 Å². The van der Waals surface area contributed by atoms with Gasteiger partial charge in [0.25, 0.3) is 5.91 Å². The highest BCUT2D eigenvalue weighted by Crippen LogP contribution is 2.30. The van der Waals surface area contributed by atoms with Crippen molar-refractivity contribution in [2.24, 2.45) is 0 Å². The summed E-state index contributed by atoms with van der Waals surface area (Å²) in [6.45, 7) is 4.11. The zero-order valence-electron chi connectivity index (χ0n) is 19.3. The molecule has 0 aliphatic heterocycles. The first-order chi connectivity index (χ1) is 16.4. The molecular weight excluding hydrogens is 457 g/mol. The smallest absolute Gasteiger partial charge is 0.263 e. The van der Waals surface area contributed by atoms with Crippen molar-refractivity contribution in [1.29, 1.82) is 0 Å². The Hall–Kier alpha value is -3.79. The molecule has 0 aliphatic rings. The molecule has 0 radical (unpaired) electrons. The molecule has 1 N–H and O–H groups in total. The van der Waals surface area contributed by atoms with Crippen LogP contribution in [0.3, 0.4) is 0 Å². The summed E-state index contributed by atoms with van der Waals surface area (Å²) < 4.78 is 25.5. The van der Waals surface area contributed by atoms with Gasteiger partial charge in [-0.1, -0.05) is 11.3 Å². The summed E-state index contributed by atoms with van der Waals surface area (Å²) in [5.41, 5.74) is 3.67. The lowest BCUT2D eigenvalue weighted by Crippen LogP contribution is -2.25. The van der Waals surface area contributed by atoms with Crippen LogP contribution in [-0.4, -0.2) is 46.6 Å². The fourth-order valence-corrected chi connectivity index (χ4v) is 4.52. The Labute approximate surface area is 200 Å². The van der Waals surface area contributed by atoms with Crippen LogP contribution < -0.4 is 14.8 Å². The number of nitrogens with one attached hydrogen (secondary N) is 1. The van der Waals surface area contributed by atoms with Crippen molar-refractivity contribution in [2.75, 3.05) is 20.8 Å². The zero-order chi connectivity index (χ0) is 24.2. The summed E-state index contributed by atoms with van der Waals surface area (Å²) in [5, 5.41) is 12.0. The number of aromatic nitrogens is 4. The van der Waals surface area contributed by atoms with Crippen LogP contribution in [0.5, 0.6) is 11.5 Å². The Morgan fingerprint density at radius 2 is 1.82 bits per heavy atom. The molecule has 10 heteroatoms. The van der Waals surface area contributed by atoms with Crippen molar-refractivity contribution in [3.8, 4) is 27.9 Å². The van der Waals surface area contributed by atoms with Crippen molar-refractivity contribution in [2.45, 2.75) is 20.3 Å². The van der Waals surface area contributed by atoms with Crippen molar-refractivity contribution in [3.05, 3.63) is 70.1 Å². The lowest BCUT2D eigenvalue weighted by molar-refractivity contribution is 0.0957. The first-order valence-corrected chi connectivity index (χ1v) is 11.4. The van der Waals surface area contributed by atoms with E-state index in [1.54, 1.807) is 38.0 Å². The van der Waals surface area contributed by atoms with Crippen molar-refractivity contribution < 1.29 is 18.7 Å². The molecule has 2 heterocycles. The minimum absolute atomic E-state index is 0.190. The van der Waals surface area contributed by atoms with Gasteiger partial charge in [-0.25, -0.2) is 14.1 Å². The summed E-state index contributed by atoms with van der Waals surface area (Å²) in [4.78, 5) is 17.9. The second-order valence-corrected chi connectivity index (χ2v) is 8.54. The number of amides is 1. The average molecular weight is 482 g/mol. The molecule has 4 rings (SSSR count). The summed E-state index contributed by atoms with van der Waals surface area (Å²) in [5.74, 6) is 0.803. The number of thiazole rings is 1. The fraction of sp³-hybridized carbons (Fsp3) is 0.250. The molecule has 0 bridgehead atoms. The molecule has 2 aromatic carbocycles. The first-order valence-electron chi connectivity index (χ1n) is 10.6. The Kier molecular flexibility index (Phi) is 6.87. The van der Waals surface area contributed by atoms with Crippen LogP contribution in [0.15, 0.2) is 42.5 Å². The van der Waals surface area contributed by atoms with Gasteiger partial charge in [-0.05, 0) is 62.2 Å². The van der Waals surface area contributed by atoms with Crippen LogP contribution in [0.1, 0.15) is 26.6 Å². The average Bonchev–Trinajstić information content (AvgIpc) is 3.41. The molecule has 1 amide bonds. The zero-order valence-corrected chi connectivity index (χ0v) is 20.1. The van der Waals surface area contributed by atoms with E-state index >= 15 is 0 Å². The van der Waals surface area contributed by atoms with Gasteiger partial charge >= 0.3 is 0 Å². The highest BCUT2D eigenvalue weighted by Gasteiger charge is 2.20. The van der Waals surface area contributed by atoms with Gasteiger partial charge in [-0.2, -0.15) is 0 Å². The lowest BCUT2D eigenvalue weighted by Gasteiger charge is -2.10. The molecule has 4 aromatic rings. The maximum Gasteiger partial charge on any atom is 0.263 e. The van der Waals surface area contributed by atoms with Gasteiger partial charge in [-0.15, -0.1) is 16.4 Å². The number of rotatable bonds is 8. The Balaban J connectivity index is 1.45. The normalized spacial score (nSPS) is 10.9. The van der Waals surface area contributed by atoms with Gasteiger partial charge in [0.05, 0.1) is 31.3 Å². The number of carbonyl (C=O) groups is 1. The van der Waals surface area contributed by atoms with Gasteiger partial charge in [0.15, 0.2) is 11.5 Å². The standard InChI is InChI=1S/C24H24FN5O3S/c1-14-22(23(31)26-12-11-16-5-10-19(32-3)20(13-16)33-4)34-24(27-14)21-15(2)30(29-28-21)18-8-6-17(25)7-9-18/h5-10,13H,11-12H2,1-4H3,(H,26,31). The molecule has 0 saturated heterocycles. The number of nitrogens with zero attached hydrogens (tertiary/aromatic N) is 4. The highest BCUT2D eigenvalue weighted by molar-refractivity contribution is 7.17. The van der Waals surface area contributed by atoms with Crippen molar-refractivity contribution in [1.82, 2.24) is 25.3 Å². The number of carbonyl (C=O) groups excluding carboxylic acids is 1. The number of benzene rings is 2. The van der Waals surface area contributed by atoms with E-state index in [1.807, 2.05) is 25.1 Å². The SMILES string of the molecule is COc1ccc(CCNC(=O)c2sc(-c3nnn(-c4ccc(F)cc4)c3C)nc2C)cc1OC. The third kappa shape index (κ3) is 4.76. The molecule has 0 atom stereocenters. The summed E-state index contributed by atoms with van der Waals surface area (Å²) >= 11 is 1.27. The van der Waals surface area contributed by atoms with Gasteiger partial charge in [0.2, 0.25) is 0 Å². The van der Waals surface area contributed by atoms with Crippen LogP contribution in [0, 0.1) is 19.7 Å². The minimum Gasteiger partial charge on any atom is -0.493 e. The molecule has 0 spiro atoms. The van der Waals surface area contributed by atoms with E-state index in [9.17, 15) is 9.18 Å². The first kappa shape index (κ1) is 23.4. The van der Waals surface area contributed by atoms with Crippen molar-refractivity contribution in [3.63, 3.8) is 0 Å². The number of methoxy groups -OCH3 is 2. The third-order valence-corrected chi connectivity index (χ3v) is 6.48. The molecule has 0 aliphatic carbocycles.